The van der Waals surface area contributed by atoms with Crippen molar-refractivity contribution in [1.82, 2.24) is 2.78 Å². The molecule has 2 rings (SSSR count). The summed E-state index contributed by atoms with van der Waals surface area (Å²) < 4.78 is 3.42. The van der Waals surface area contributed by atoms with Crippen molar-refractivity contribution < 1.29 is 0 Å². The van der Waals surface area contributed by atoms with Gasteiger partial charge in [-0.1, -0.05) is 0 Å². The zero-order valence-corrected chi connectivity index (χ0v) is 7.52. The number of nitrogens with zero attached hydrogens (tertiary/aromatic N) is 1. The summed E-state index contributed by atoms with van der Waals surface area (Å²) in [6, 6.07) is 2.13. The Hall–Kier alpha value is -0.0300. The first-order valence-corrected chi connectivity index (χ1v) is 4.42. The molecule has 2 heterocycles. The largest absolute Gasteiger partial charge is 0.295 e. The molecule has 0 aromatic carbocycles. The fourth-order valence-electron chi connectivity index (χ4n) is 0.825. The number of rotatable bonds is 0. The Labute approximate surface area is 70.8 Å². The van der Waals surface area contributed by atoms with Crippen LogP contribution in [0, 0.1) is 0 Å². The third-order valence-electron chi connectivity index (χ3n) is 1.23. The average Bonchev–Trinajstić information content (AvgIpc) is 2.22. The van der Waals surface area contributed by atoms with Crippen LogP contribution in [0.15, 0.2) is 23.8 Å². The van der Waals surface area contributed by atoms with Gasteiger partial charge in [0, 0.05) is 17.8 Å². The molecule has 46 valence electrons. The molecule has 0 spiro atoms. The molecule has 0 atom stereocenters. The lowest BCUT2D eigenvalue weighted by atomic mass is 10.4. The van der Waals surface area contributed by atoms with Crippen molar-refractivity contribution in [3.05, 3.63) is 23.8 Å². The molecule has 0 aliphatic rings. The molecule has 0 saturated heterocycles. The van der Waals surface area contributed by atoms with Crippen molar-refractivity contribution in [2.75, 3.05) is 0 Å². The second-order valence-electron chi connectivity index (χ2n) is 1.84. The minimum atomic E-state index is 1.34. The van der Waals surface area contributed by atoms with Crippen LogP contribution in [0.25, 0.3) is 10.1 Å². The number of fused-ring (bicyclic) bond motifs is 1. The van der Waals surface area contributed by atoms with Crippen LogP contribution in [-0.2, 0) is 0 Å². The second-order valence-corrected chi connectivity index (χ2v) is 3.90. The third kappa shape index (κ3) is 0.880. The zero-order chi connectivity index (χ0) is 6.27. The highest BCUT2D eigenvalue weighted by Crippen LogP contribution is 2.22. The molecule has 0 amide bonds. The number of aromatic nitrogens is 1. The van der Waals surface area contributed by atoms with Crippen LogP contribution in [0.5, 0.6) is 0 Å². The first-order chi connectivity index (χ1) is 4.36. The number of hydrogen-bond acceptors (Lipinski definition) is 1. The lowest BCUT2D eigenvalue weighted by molar-refractivity contribution is 1.38. The minimum absolute atomic E-state index is 1.34. The zero-order valence-electron chi connectivity index (χ0n) is 4.54. The number of thiophene rings is 1. The van der Waals surface area contributed by atoms with Gasteiger partial charge in [0.1, 0.15) is 0 Å². The highest BCUT2D eigenvalue weighted by molar-refractivity contribution is 14.1. The summed E-state index contributed by atoms with van der Waals surface area (Å²) in [7, 11) is 0. The molecule has 0 N–H and O–H groups in total. The molecule has 0 aliphatic carbocycles. The molecule has 0 saturated carbocycles. The predicted octanol–water partition coefficient (Wildman–Crippen LogP) is 2.90. The molecule has 0 bridgehead atoms. The van der Waals surface area contributed by atoms with Crippen LogP contribution in [-0.4, -0.2) is 2.78 Å². The van der Waals surface area contributed by atoms with E-state index >= 15 is 0 Å². The standard InChI is InChI=1S/C6H4INS/c7-8-3-5-1-2-9-6(5)4-8/h1-4H. The summed E-state index contributed by atoms with van der Waals surface area (Å²) in [5, 5.41) is 3.45. The summed E-state index contributed by atoms with van der Waals surface area (Å²) in [6.07, 6.45) is 4.24. The van der Waals surface area contributed by atoms with Crippen LogP contribution in [0.1, 0.15) is 0 Å². The molecule has 2 aromatic rings. The van der Waals surface area contributed by atoms with Gasteiger partial charge in [0.2, 0.25) is 0 Å². The van der Waals surface area contributed by atoms with Crippen molar-refractivity contribution in [2.45, 2.75) is 0 Å². The maximum Gasteiger partial charge on any atom is 0.0635 e. The Bertz CT molecular complexity index is 294. The smallest absolute Gasteiger partial charge is 0.0635 e. The van der Waals surface area contributed by atoms with E-state index in [0.29, 0.717) is 0 Å². The van der Waals surface area contributed by atoms with E-state index in [9.17, 15) is 0 Å². The molecule has 1 nitrogen and oxygen atoms in total. The molecule has 2 aromatic heterocycles. The second kappa shape index (κ2) is 1.98. The Morgan fingerprint density at radius 1 is 1.44 bits per heavy atom. The van der Waals surface area contributed by atoms with E-state index in [1.165, 1.54) is 10.1 Å². The molecule has 0 radical (unpaired) electrons. The van der Waals surface area contributed by atoms with Gasteiger partial charge in [0.25, 0.3) is 0 Å². The van der Waals surface area contributed by atoms with Gasteiger partial charge >= 0.3 is 0 Å². The highest BCUT2D eigenvalue weighted by atomic mass is 127. The average molecular weight is 249 g/mol. The first kappa shape index (κ1) is 5.73. The fourth-order valence-corrected chi connectivity index (χ4v) is 2.38. The maximum atomic E-state index is 2.25. The van der Waals surface area contributed by atoms with E-state index in [1.54, 1.807) is 11.3 Å². The fraction of sp³-hybridized carbons (Fsp3) is 0. The molecule has 3 heteroatoms. The van der Waals surface area contributed by atoms with Gasteiger partial charge in [-0.15, -0.1) is 11.3 Å². The van der Waals surface area contributed by atoms with Crippen LogP contribution in [0.4, 0.5) is 0 Å². The lowest BCUT2D eigenvalue weighted by Crippen LogP contribution is -1.62. The summed E-state index contributed by atoms with van der Waals surface area (Å²) in [6.45, 7) is 0. The van der Waals surface area contributed by atoms with Crippen molar-refractivity contribution in [1.29, 1.82) is 0 Å². The van der Waals surface area contributed by atoms with Crippen molar-refractivity contribution in [3.8, 4) is 0 Å². The Balaban J connectivity index is 2.92. The summed E-state index contributed by atoms with van der Waals surface area (Å²) in [5.41, 5.74) is 0. The van der Waals surface area contributed by atoms with Crippen LogP contribution in [0.2, 0.25) is 0 Å². The van der Waals surface area contributed by atoms with Gasteiger partial charge in [0.05, 0.1) is 27.6 Å². The van der Waals surface area contributed by atoms with Crippen LogP contribution >= 0.6 is 34.2 Å². The van der Waals surface area contributed by atoms with E-state index in [-0.39, 0.29) is 0 Å². The van der Waals surface area contributed by atoms with E-state index in [0.717, 1.165) is 0 Å². The SMILES string of the molecule is In1cc2ccsc2c1. The quantitative estimate of drug-likeness (QED) is 0.632. The van der Waals surface area contributed by atoms with E-state index in [2.05, 4.69) is 49.5 Å². The van der Waals surface area contributed by atoms with Crippen molar-refractivity contribution in [3.63, 3.8) is 0 Å². The van der Waals surface area contributed by atoms with E-state index < -0.39 is 0 Å². The van der Waals surface area contributed by atoms with Crippen LogP contribution < -0.4 is 0 Å². The van der Waals surface area contributed by atoms with E-state index in [1.807, 2.05) is 0 Å². The maximum absolute atomic E-state index is 2.25. The van der Waals surface area contributed by atoms with Gasteiger partial charge in [-0.2, -0.15) is 0 Å². The van der Waals surface area contributed by atoms with Gasteiger partial charge < -0.3 is 0 Å². The normalized spacial score (nSPS) is 10.8. The van der Waals surface area contributed by atoms with Crippen molar-refractivity contribution >= 4 is 44.3 Å². The molecule has 0 unspecified atom stereocenters. The van der Waals surface area contributed by atoms with Gasteiger partial charge in [0.15, 0.2) is 0 Å². The minimum Gasteiger partial charge on any atom is -0.295 e. The summed E-state index contributed by atoms with van der Waals surface area (Å²) in [5.74, 6) is 0. The molecule has 0 fully saturated rings. The molecule has 0 aliphatic heterocycles. The Morgan fingerprint density at radius 3 is 3.11 bits per heavy atom. The third-order valence-corrected chi connectivity index (χ3v) is 2.65. The summed E-state index contributed by atoms with van der Waals surface area (Å²) >= 11 is 4.04. The van der Waals surface area contributed by atoms with E-state index in [4.69, 9.17) is 0 Å². The monoisotopic (exact) mass is 249 g/mol. The van der Waals surface area contributed by atoms with Crippen molar-refractivity contribution in [2.24, 2.45) is 0 Å². The summed E-state index contributed by atoms with van der Waals surface area (Å²) in [4.78, 5) is 0. The Kier molecular flexibility index (Phi) is 1.26. The van der Waals surface area contributed by atoms with Gasteiger partial charge in [-0.3, -0.25) is 2.78 Å². The predicted molar refractivity (Wildman–Crippen MR) is 49.2 cm³/mol. The topological polar surface area (TPSA) is 4.93 Å². The van der Waals surface area contributed by atoms with Gasteiger partial charge in [-0.05, 0) is 11.4 Å². The van der Waals surface area contributed by atoms with Gasteiger partial charge in [-0.25, -0.2) is 0 Å². The number of halogens is 1. The first-order valence-electron chi connectivity index (χ1n) is 2.57. The van der Waals surface area contributed by atoms with Crippen LogP contribution in [0.3, 0.4) is 0 Å². The Morgan fingerprint density at radius 2 is 2.33 bits per heavy atom. The molecular weight excluding hydrogens is 245 g/mol. The number of hydrogen-bond donors (Lipinski definition) is 0. The lowest BCUT2D eigenvalue weighted by Gasteiger charge is -1.77. The molecular formula is C6H4INS. The molecule has 9 heavy (non-hydrogen) atoms. The highest BCUT2D eigenvalue weighted by Gasteiger charge is 1.94.